The lowest BCUT2D eigenvalue weighted by Crippen LogP contribution is -2.46. The zero-order valence-corrected chi connectivity index (χ0v) is 17.9. The molecule has 2 rings (SSSR count). The topological polar surface area (TPSA) is 109 Å². The smallest absolute Gasteiger partial charge is 0.338 e. The Labute approximate surface area is 176 Å². The minimum Gasteiger partial charge on any atom is -0.460 e. The molecule has 1 aliphatic heterocycles. The summed E-state index contributed by atoms with van der Waals surface area (Å²) in [5.41, 5.74) is 2.18. The summed E-state index contributed by atoms with van der Waals surface area (Å²) < 4.78 is 10.2. The van der Waals surface area contributed by atoms with Crippen LogP contribution in [0.3, 0.4) is 0 Å². The number of nitrogens with one attached hydrogen (secondary N) is 3. The highest BCUT2D eigenvalue weighted by atomic mass is 16.6. The number of methoxy groups -OCH3 is 1. The third kappa shape index (κ3) is 5.96. The van der Waals surface area contributed by atoms with Gasteiger partial charge in [0.1, 0.15) is 6.61 Å². The Morgan fingerprint density at radius 3 is 2.53 bits per heavy atom. The fraction of sp³-hybridized carbons (Fsp3) is 0.476. The van der Waals surface area contributed by atoms with Crippen molar-refractivity contribution >= 4 is 23.7 Å². The lowest BCUT2D eigenvalue weighted by molar-refractivity contribution is -0.140. The van der Waals surface area contributed by atoms with Gasteiger partial charge in [-0.15, -0.1) is 0 Å². The number of hydrogen-bond acceptors (Lipinski definition) is 5. The molecule has 1 heterocycles. The number of rotatable bonds is 9. The first-order valence-corrected chi connectivity index (χ1v) is 9.94. The predicted molar refractivity (Wildman–Crippen MR) is 113 cm³/mol. The zero-order chi connectivity index (χ0) is 22.1. The predicted octanol–water partition coefficient (Wildman–Crippen LogP) is 2.77. The molecule has 30 heavy (non-hydrogen) atoms. The van der Waals surface area contributed by atoms with E-state index in [1.165, 1.54) is 12.0 Å². The second-order valence-corrected chi connectivity index (χ2v) is 6.93. The van der Waals surface area contributed by atoms with E-state index in [1.54, 1.807) is 38.2 Å². The number of anilines is 1. The van der Waals surface area contributed by atoms with Gasteiger partial charge in [0.25, 0.3) is 0 Å². The van der Waals surface area contributed by atoms with Gasteiger partial charge in [-0.3, -0.25) is 0 Å². The second-order valence-electron chi connectivity index (χ2n) is 6.93. The van der Waals surface area contributed by atoms with E-state index in [9.17, 15) is 14.4 Å². The number of carbonyl (C=O) groups excluding carboxylic acids is 3. The maximum atomic E-state index is 12.7. The Morgan fingerprint density at radius 2 is 1.90 bits per heavy atom. The minimum atomic E-state index is -0.656. The van der Waals surface area contributed by atoms with Crippen molar-refractivity contribution in [3.63, 3.8) is 0 Å². The molecule has 4 amide bonds. The first-order chi connectivity index (χ1) is 14.4. The standard InChI is InChI=1S/C21H30N4O5/c1-5-6-11-22-20(27)23-16-9-7-15(8-10-16)18-17(19(26)30-13-12-29-4)14(2)25(3)21(28)24-18/h7-10,18H,5-6,11-13H2,1-4H3,(H,24,28)(H2,22,23,27)/t18-/m0/s1. The molecule has 0 aliphatic carbocycles. The van der Waals surface area contributed by atoms with Gasteiger partial charge in [-0.2, -0.15) is 0 Å². The van der Waals surface area contributed by atoms with E-state index in [0.29, 0.717) is 29.1 Å². The average Bonchev–Trinajstić information content (AvgIpc) is 2.72. The number of amides is 4. The number of nitrogens with zero attached hydrogens (tertiary/aromatic N) is 1. The Bertz CT molecular complexity index is 791. The van der Waals surface area contributed by atoms with Gasteiger partial charge >= 0.3 is 18.0 Å². The van der Waals surface area contributed by atoms with Crippen LogP contribution in [0.4, 0.5) is 15.3 Å². The summed E-state index contributed by atoms with van der Waals surface area (Å²) in [6, 6.07) is 5.72. The van der Waals surface area contributed by atoms with Gasteiger partial charge in [-0.05, 0) is 31.0 Å². The van der Waals surface area contributed by atoms with Gasteiger partial charge in [0, 0.05) is 32.1 Å². The van der Waals surface area contributed by atoms with Crippen LogP contribution in [0.25, 0.3) is 0 Å². The quantitative estimate of drug-likeness (QED) is 0.422. The van der Waals surface area contributed by atoms with Gasteiger partial charge in [0.15, 0.2) is 0 Å². The Kier molecular flexibility index (Phi) is 8.67. The Hall–Kier alpha value is -3.07. The molecule has 0 radical (unpaired) electrons. The van der Waals surface area contributed by atoms with Crippen LogP contribution in [0.15, 0.2) is 35.5 Å². The van der Waals surface area contributed by atoms with Gasteiger partial charge in [-0.1, -0.05) is 25.5 Å². The van der Waals surface area contributed by atoms with Crippen LogP contribution in [0.2, 0.25) is 0 Å². The zero-order valence-electron chi connectivity index (χ0n) is 17.9. The largest absolute Gasteiger partial charge is 0.460 e. The maximum Gasteiger partial charge on any atom is 0.338 e. The molecule has 1 atom stereocenters. The highest BCUT2D eigenvalue weighted by molar-refractivity contribution is 5.95. The molecular weight excluding hydrogens is 388 g/mol. The van der Waals surface area contributed by atoms with E-state index in [2.05, 4.69) is 22.9 Å². The molecule has 0 aromatic heterocycles. The van der Waals surface area contributed by atoms with E-state index in [4.69, 9.17) is 9.47 Å². The summed E-state index contributed by atoms with van der Waals surface area (Å²) >= 11 is 0. The van der Waals surface area contributed by atoms with E-state index < -0.39 is 12.0 Å². The molecule has 0 unspecified atom stereocenters. The van der Waals surface area contributed by atoms with Crippen LogP contribution in [0, 0.1) is 0 Å². The summed E-state index contributed by atoms with van der Waals surface area (Å²) in [7, 11) is 3.11. The van der Waals surface area contributed by atoms with Crippen molar-refractivity contribution in [1.29, 1.82) is 0 Å². The average molecular weight is 418 g/mol. The molecule has 1 aliphatic rings. The molecule has 1 aromatic rings. The van der Waals surface area contributed by atoms with E-state index in [-0.39, 0.29) is 25.3 Å². The minimum absolute atomic E-state index is 0.118. The first-order valence-electron chi connectivity index (χ1n) is 9.94. The molecule has 3 N–H and O–H groups in total. The monoisotopic (exact) mass is 418 g/mol. The fourth-order valence-electron chi connectivity index (χ4n) is 2.96. The van der Waals surface area contributed by atoms with Crippen LogP contribution >= 0.6 is 0 Å². The summed E-state index contributed by atoms with van der Waals surface area (Å²) in [5, 5.41) is 8.37. The van der Waals surface area contributed by atoms with Crippen molar-refractivity contribution in [3.8, 4) is 0 Å². The van der Waals surface area contributed by atoms with Crippen LogP contribution in [0.1, 0.15) is 38.3 Å². The summed E-state index contributed by atoms with van der Waals surface area (Å²) in [5.74, 6) is -0.515. The van der Waals surface area contributed by atoms with E-state index >= 15 is 0 Å². The number of urea groups is 2. The summed E-state index contributed by atoms with van der Waals surface area (Å²) in [6.45, 7) is 4.77. The molecule has 0 saturated carbocycles. The SMILES string of the molecule is CCCCNC(=O)Nc1ccc([C@@H]2NC(=O)N(C)C(C)=C2C(=O)OCCOC)cc1. The summed E-state index contributed by atoms with van der Waals surface area (Å²) in [4.78, 5) is 38.2. The van der Waals surface area contributed by atoms with Crippen molar-refractivity contribution in [2.75, 3.05) is 39.2 Å². The molecule has 0 spiro atoms. The highest BCUT2D eigenvalue weighted by Crippen LogP contribution is 2.31. The Balaban J connectivity index is 2.17. The number of carbonyl (C=O) groups is 3. The number of benzene rings is 1. The van der Waals surface area contributed by atoms with E-state index in [1.807, 2.05) is 0 Å². The van der Waals surface area contributed by atoms with Gasteiger partial charge in [0.2, 0.25) is 0 Å². The van der Waals surface area contributed by atoms with Crippen molar-refractivity contribution < 1.29 is 23.9 Å². The molecule has 0 bridgehead atoms. The molecular formula is C21H30N4O5. The number of ether oxygens (including phenoxy) is 2. The number of hydrogen-bond donors (Lipinski definition) is 3. The van der Waals surface area contributed by atoms with Crippen molar-refractivity contribution in [2.45, 2.75) is 32.7 Å². The molecule has 9 heteroatoms. The highest BCUT2D eigenvalue weighted by Gasteiger charge is 2.35. The lowest BCUT2D eigenvalue weighted by Gasteiger charge is -2.33. The normalized spacial score (nSPS) is 16.2. The van der Waals surface area contributed by atoms with Crippen LogP contribution in [-0.2, 0) is 14.3 Å². The molecule has 0 saturated heterocycles. The fourth-order valence-corrected chi connectivity index (χ4v) is 2.96. The number of unbranched alkanes of at least 4 members (excludes halogenated alkanes) is 1. The third-order valence-corrected chi connectivity index (χ3v) is 4.81. The van der Waals surface area contributed by atoms with E-state index in [0.717, 1.165) is 12.8 Å². The molecule has 0 fully saturated rings. The molecule has 9 nitrogen and oxygen atoms in total. The first kappa shape index (κ1) is 23.2. The third-order valence-electron chi connectivity index (χ3n) is 4.81. The number of esters is 1. The van der Waals surface area contributed by atoms with Crippen LogP contribution in [0.5, 0.6) is 0 Å². The van der Waals surface area contributed by atoms with Crippen LogP contribution in [-0.4, -0.2) is 56.8 Å². The second kappa shape index (κ2) is 11.2. The number of allylic oxidation sites excluding steroid dienone is 1. The van der Waals surface area contributed by atoms with Crippen molar-refractivity contribution in [3.05, 3.63) is 41.1 Å². The maximum absolute atomic E-state index is 12.7. The molecule has 1 aromatic carbocycles. The van der Waals surface area contributed by atoms with Gasteiger partial charge < -0.3 is 30.3 Å². The Morgan fingerprint density at radius 1 is 1.20 bits per heavy atom. The van der Waals surface area contributed by atoms with Crippen molar-refractivity contribution in [1.82, 2.24) is 15.5 Å². The summed E-state index contributed by atoms with van der Waals surface area (Å²) in [6.07, 6.45) is 1.91. The van der Waals surface area contributed by atoms with Crippen LogP contribution < -0.4 is 16.0 Å². The van der Waals surface area contributed by atoms with Crippen molar-refractivity contribution in [2.24, 2.45) is 0 Å². The van der Waals surface area contributed by atoms with Gasteiger partial charge in [-0.25, -0.2) is 14.4 Å². The molecule has 164 valence electrons. The lowest BCUT2D eigenvalue weighted by atomic mass is 9.95. The van der Waals surface area contributed by atoms with Gasteiger partial charge in [0.05, 0.1) is 18.2 Å².